The summed E-state index contributed by atoms with van der Waals surface area (Å²) in [6.07, 6.45) is 0. The second-order valence-electron chi connectivity index (χ2n) is 6.36. The molecule has 1 N–H and O–H groups in total. The van der Waals surface area contributed by atoms with Crippen LogP contribution in [0.4, 0.5) is 5.69 Å². The van der Waals surface area contributed by atoms with Crippen LogP contribution in [-0.4, -0.2) is 25.0 Å². The zero-order valence-electron chi connectivity index (χ0n) is 14.6. The van der Waals surface area contributed by atoms with Crippen molar-refractivity contribution in [3.8, 4) is 5.75 Å². The van der Waals surface area contributed by atoms with E-state index in [1.54, 1.807) is 18.2 Å². The molecule has 27 heavy (non-hydrogen) atoms. The molecule has 2 aromatic carbocycles. The van der Waals surface area contributed by atoms with Gasteiger partial charge in [-0.2, -0.15) is 0 Å². The number of nitrogens with zero attached hydrogens (tertiary/aromatic N) is 1. The summed E-state index contributed by atoms with van der Waals surface area (Å²) < 4.78 is 11.2. The van der Waals surface area contributed by atoms with E-state index in [2.05, 4.69) is 5.32 Å². The fourth-order valence-electron chi connectivity index (χ4n) is 3.07. The van der Waals surface area contributed by atoms with Crippen molar-refractivity contribution in [2.75, 3.05) is 18.1 Å². The molecule has 0 aliphatic carbocycles. The normalized spacial score (nSPS) is 14.6. The van der Waals surface area contributed by atoms with Crippen molar-refractivity contribution < 1.29 is 18.7 Å². The molecule has 0 spiro atoms. The lowest BCUT2D eigenvalue weighted by Crippen LogP contribution is -2.45. The number of halogens is 1. The van der Waals surface area contributed by atoms with Gasteiger partial charge in [0.15, 0.2) is 6.61 Å². The Hall–Kier alpha value is -2.99. The first-order valence-electron chi connectivity index (χ1n) is 8.52. The molecule has 6 nitrogen and oxygen atoms in total. The van der Waals surface area contributed by atoms with Gasteiger partial charge in [0.1, 0.15) is 23.6 Å². The number of hydrogen-bond acceptors (Lipinski definition) is 4. The molecule has 0 saturated carbocycles. The van der Waals surface area contributed by atoms with Gasteiger partial charge in [0.05, 0.1) is 11.7 Å². The van der Waals surface area contributed by atoms with Crippen LogP contribution in [0.2, 0.25) is 5.02 Å². The summed E-state index contributed by atoms with van der Waals surface area (Å²) in [5, 5.41) is 4.31. The van der Waals surface area contributed by atoms with Crippen LogP contribution in [0.5, 0.6) is 5.75 Å². The van der Waals surface area contributed by atoms with E-state index in [0.29, 0.717) is 22.2 Å². The third kappa shape index (κ3) is 3.48. The first-order chi connectivity index (χ1) is 13.0. The SMILES string of the molecule is CC(NC(=O)CN1C(=O)COc2ccc(Cl)cc21)c1cc2ccccc2o1. The molecule has 1 aliphatic heterocycles. The predicted molar refractivity (Wildman–Crippen MR) is 102 cm³/mol. The third-order valence-corrected chi connectivity index (χ3v) is 4.65. The lowest BCUT2D eigenvalue weighted by Gasteiger charge is -2.29. The maximum atomic E-state index is 12.5. The fraction of sp³-hybridized carbons (Fsp3) is 0.200. The van der Waals surface area contributed by atoms with E-state index in [9.17, 15) is 9.59 Å². The number of carbonyl (C=O) groups excluding carboxylic acids is 2. The van der Waals surface area contributed by atoms with E-state index in [1.807, 2.05) is 37.3 Å². The highest BCUT2D eigenvalue weighted by molar-refractivity contribution is 6.31. The van der Waals surface area contributed by atoms with Crippen molar-refractivity contribution >= 4 is 40.1 Å². The second-order valence-corrected chi connectivity index (χ2v) is 6.79. The third-order valence-electron chi connectivity index (χ3n) is 4.41. The first kappa shape index (κ1) is 17.4. The summed E-state index contributed by atoms with van der Waals surface area (Å²) in [5.41, 5.74) is 1.26. The minimum atomic E-state index is -0.333. The molecule has 0 bridgehead atoms. The summed E-state index contributed by atoms with van der Waals surface area (Å²) in [7, 11) is 0. The smallest absolute Gasteiger partial charge is 0.265 e. The first-order valence-corrected chi connectivity index (χ1v) is 8.89. The van der Waals surface area contributed by atoms with E-state index >= 15 is 0 Å². The van der Waals surface area contributed by atoms with Gasteiger partial charge in [0.2, 0.25) is 5.91 Å². The molecule has 1 aromatic heterocycles. The minimum Gasteiger partial charge on any atom is -0.482 e. The Labute approximate surface area is 160 Å². The molecule has 0 saturated heterocycles. The summed E-state index contributed by atoms with van der Waals surface area (Å²) in [4.78, 5) is 26.1. The van der Waals surface area contributed by atoms with Crippen molar-refractivity contribution in [3.05, 3.63) is 59.3 Å². The van der Waals surface area contributed by atoms with Gasteiger partial charge in [0, 0.05) is 10.4 Å². The number of para-hydroxylation sites is 1. The van der Waals surface area contributed by atoms with E-state index in [0.717, 1.165) is 11.0 Å². The molecule has 1 atom stereocenters. The number of amides is 2. The van der Waals surface area contributed by atoms with Crippen LogP contribution < -0.4 is 15.0 Å². The van der Waals surface area contributed by atoms with E-state index < -0.39 is 0 Å². The van der Waals surface area contributed by atoms with Gasteiger partial charge in [-0.1, -0.05) is 29.8 Å². The number of rotatable bonds is 4. The van der Waals surface area contributed by atoms with Crippen molar-refractivity contribution in [3.63, 3.8) is 0 Å². The molecule has 1 unspecified atom stereocenters. The van der Waals surface area contributed by atoms with Gasteiger partial charge < -0.3 is 14.5 Å². The Morgan fingerprint density at radius 2 is 2.07 bits per heavy atom. The number of carbonyl (C=O) groups is 2. The molecule has 1 aliphatic rings. The Morgan fingerprint density at radius 1 is 1.26 bits per heavy atom. The maximum Gasteiger partial charge on any atom is 0.265 e. The van der Waals surface area contributed by atoms with Crippen molar-refractivity contribution in [1.29, 1.82) is 0 Å². The maximum absolute atomic E-state index is 12.5. The number of hydrogen-bond donors (Lipinski definition) is 1. The Bertz CT molecular complexity index is 997. The number of ether oxygens (including phenoxy) is 1. The molecular weight excluding hydrogens is 368 g/mol. The number of nitrogens with one attached hydrogen (secondary N) is 1. The van der Waals surface area contributed by atoms with Crippen LogP contribution in [0, 0.1) is 0 Å². The van der Waals surface area contributed by atoms with Crippen LogP contribution >= 0.6 is 11.6 Å². The lowest BCUT2D eigenvalue weighted by molar-refractivity contribution is -0.125. The molecule has 0 fully saturated rings. The molecule has 2 heterocycles. The Kier molecular flexibility index (Phi) is 4.49. The average Bonchev–Trinajstić information content (AvgIpc) is 3.08. The summed E-state index contributed by atoms with van der Waals surface area (Å²) in [5.74, 6) is 0.582. The van der Waals surface area contributed by atoms with E-state index in [1.165, 1.54) is 4.90 Å². The largest absolute Gasteiger partial charge is 0.482 e. The van der Waals surface area contributed by atoms with Gasteiger partial charge >= 0.3 is 0 Å². The molecule has 138 valence electrons. The summed E-state index contributed by atoms with van der Waals surface area (Å²) in [6, 6.07) is 14.2. The van der Waals surface area contributed by atoms with Crippen molar-refractivity contribution in [2.24, 2.45) is 0 Å². The van der Waals surface area contributed by atoms with Crippen LogP contribution in [0.25, 0.3) is 11.0 Å². The quantitative estimate of drug-likeness (QED) is 0.744. The molecular formula is C20H17ClN2O4. The standard InChI is InChI=1S/C20H17ClN2O4/c1-12(18-8-13-4-2-3-5-16(13)27-18)22-19(24)10-23-15-9-14(21)6-7-17(15)26-11-20(23)25/h2-9,12H,10-11H2,1H3,(H,22,24). The van der Waals surface area contributed by atoms with Gasteiger partial charge in [-0.3, -0.25) is 14.5 Å². The topological polar surface area (TPSA) is 71.8 Å². The molecule has 4 rings (SSSR count). The second kappa shape index (κ2) is 6.96. The van der Waals surface area contributed by atoms with Crippen LogP contribution in [-0.2, 0) is 9.59 Å². The highest BCUT2D eigenvalue weighted by Crippen LogP contribution is 2.34. The van der Waals surface area contributed by atoms with E-state index in [4.69, 9.17) is 20.8 Å². The molecule has 7 heteroatoms. The summed E-state index contributed by atoms with van der Waals surface area (Å²) >= 11 is 6.02. The molecule has 0 radical (unpaired) electrons. The minimum absolute atomic E-state index is 0.110. The van der Waals surface area contributed by atoms with Gasteiger partial charge in [-0.25, -0.2) is 0 Å². The van der Waals surface area contributed by atoms with Crippen molar-refractivity contribution in [2.45, 2.75) is 13.0 Å². The number of anilines is 1. The van der Waals surface area contributed by atoms with Crippen LogP contribution in [0.3, 0.4) is 0 Å². The van der Waals surface area contributed by atoms with Crippen LogP contribution in [0.1, 0.15) is 18.7 Å². The molecule has 3 aromatic rings. The van der Waals surface area contributed by atoms with Crippen molar-refractivity contribution in [1.82, 2.24) is 5.32 Å². The average molecular weight is 385 g/mol. The zero-order chi connectivity index (χ0) is 19.0. The van der Waals surface area contributed by atoms with E-state index in [-0.39, 0.29) is 31.0 Å². The highest BCUT2D eigenvalue weighted by Gasteiger charge is 2.28. The van der Waals surface area contributed by atoms with Gasteiger partial charge in [0.25, 0.3) is 5.91 Å². The fourth-order valence-corrected chi connectivity index (χ4v) is 3.23. The zero-order valence-corrected chi connectivity index (χ0v) is 15.3. The number of fused-ring (bicyclic) bond motifs is 2. The summed E-state index contributed by atoms with van der Waals surface area (Å²) in [6.45, 7) is 1.60. The Balaban J connectivity index is 1.49. The predicted octanol–water partition coefficient (Wildman–Crippen LogP) is 3.69. The van der Waals surface area contributed by atoms with Crippen LogP contribution in [0.15, 0.2) is 52.9 Å². The van der Waals surface area contributed by atoms with Gasteiger partial charge in [-0.15, -0.1) is 0 Å². The highest BCUT2D eigenvalue weighted by atomic mass is 35.5. The number of benzene rings is 2. The Morgan fingerprint density at radius 3 is 2.89 bits per heavy atom. The number of furan rings is 1. The lowest BCUT2D eigenvalue weighted by atomic mass is 10.2. The monoisotopic (exact) mass is 384 g/mol. The van der Waals surface area contributed by atoms with Gasteiger partial charge in [-0.05, 0) is 37.3 Å². The molecule has 2 amide bonds.